The quantitative estimate of drug-likeness (QED) is 0.579. The number of nitrogens with two attached hydrogens (primary N) is 1. The van der Waals surface area contributed by atoms with E-state index >= 15 is 0 Å². The Bertz CT molecular complexity index is 91.0. The van der Waals surface area contributed by atoms with Crippen LogP contribution < -0.4 is 5.73 Å². The van der Waals surface area contributed by atoms with E-state index < -0.39 is 0 Å². The summed E-state index contributed by atoms with van der Waals surface area (Å²) in [6.45, 7) is 11.9. The minimum absolute atomic E-state index is 1.10. The molecule has 11 heavy (non-hydrogen) atoms. The fraction of sp³-hybridized carbons (Fsp3) is 0.600. The lowest BCUT2D eigenvalue weighted by molar-refractivity contribution is 1.43. The molecular weight excluding hydrogens is 134 g/mol. The molecule has 0 unspecified atom stereocenters. The highest BCUT2D eigenvalue weighted by atomic mass is 14.5. The van der Waals surface area contributed by atoms with Crippen molar-refractivity contribution < 1.29 is 0 Å². The summed E-state index contributed by atoms with van der Waals surface area (Å²) in [5, 5.41) is 0. The molecule has 2 N–H and O–H groups in total. The fourth-order valence-corrected chi connectivity index (χ4v) is 0.318. The summed E-state index contributed by atoms with van der Waals surface area (Å²) < 4.78 is 0. The Labute approximate surface area is 72.0 Å². The van der Waals surface area contributed by atoms with Crippen LogP contribution in [0.15, 0.2) is 23.9 Å². The minimum atomic E-state index is 1.10. The van der Waals surface area contributed by atoms with Crippen LogP contribution >= 0.6 is 0 Å². The van der Waals surface area contributed by atoms with Crippen molar-refractivity contribution in [1.82, 2.24) is 0 Å². The number of allylic oxidation sites excluding steroid dienone is 3. The standard InChI is InChI=1S/C6H11N.2C2H6/c1-3-4-6(2)5-7;2*1-2/h3-5H,7H2,1-2H3;2*1-2H3/b4-3-,6-5-;;. The van der Waals surface area contributed by atoms with Crippen LogP contribution in [-0.2, 0) is 0 Å². The molecule has 0 bridgehead atoms. The Morgan fingerprint density at radius 3 is 1.55 bits per heavy atom. The lowest BCUT2D eigenvalue weighted by atomic mass is 10.3. The van der Waals surface area contributed by atoms with Crippen molar-refractivity contribution in [2.24, 2.45) is 5.73 Å². The van der Waals surface area contributed by atoms with Crippen LogP contribution in [0.1, 0.15) is 41.5 Å². The molecule has 0 aromatic rings. The molecular formula is C10H23N. The molecule has 0 heterocycles. The van der Waals surface area contributed by atoms with E-state index in [1.165, 1.54) is 0 Å². The van der Waals surface area contributed by atoms with Gasteiger partial charge in [0.05, 0.1) is 0 Å². The zero-order valence-corrected chi connectivity index (χ0v) is 8.81. The summed E-state index contributed by atoms with van der Waals surface area (Å²) in [5.74, 6) is 0. The molecule has 0 atom stereocenters. The first-order chi connectivity index (χ1) is 5.31. The maximum absolute atomic E-state index is 5.14. The molecule has 1 nitrogen and oxygen atoms in total. The average Bonchev–Trinajstić information content (AvgIpc) is 2.12. The van der Waals surface area contributed by atoms with E-state index in [1.807, 2.05) is 53.7 Å². The van der Waals surface area contributed by atoms with Gasteiger partial charge < -0.3 is 5.73 Å². The molecule has 0 saturated carbocycles. The molecule has 0 spiro atoms. The van der Waals surface area contributed by atoms with Gasteiger partial charge in [-0.1, -0.05) is 39.8 Å². The molecule has 0 fully saturated rings. The Kier molecular flexibility index (Phi) is 34.7. The van der Waals surface area contributed by atoms with Gasteiger partial charge in [0.1, 0.15) is 0 Å². The molecule has 0 saturated heterocycles. The predicted molar refractivity (Wildman–Crippen MR) is 55.5 cm³/mol. The summed E-state index contributed by atoms with van der Waals surface area (Å²) in [6.07, 6.45) is 5.50. The van der Waals surface area contributed by atoms with Crippen LogP contribution in [0.4, 0.5) is 0 Å². The number of hydrogen-bond acceptors (Lipinski definition) is 1. The summed E-state index contributed by atoms with van der Waals surface area (Å²) in [5.41, 5.74) is 6.24. The molecule has 0 rings (SSSR count). The predicted octanol–water partition coefficient (Wildman–Crippen LogP) is 3.48. The lowest BCUT2D eigenvalue weighted by Crippen LogP contribution is -1.78. The highest BCUT2D eigenvalue weighted by Crippen LogP contribution is 1.88. The van der Waals surface area contributed by atoms with Gasteiger partial charge in [-0.25, -0.2) is 0 Å². The average molecular weight is 157 g/mol. The molecule has 0 aliphatic carbocycles. The van der Waals surface area contributed by atoms with E-state index in [9.17, 15) is 0 Å². The molecule has 0 amide bonds. The first-order valence-electron chi connectivity index (χ1n) is 4.32. The molecule has 68 valence electrons. The maximum atomic E-state index is 5.14. The van der Waals surface area contributed by atoms with Gasteiger partial charge in [-0.05, 0) is 25.6 Å². The highest BCUT2D eigenvalue weighted by molar-refractivity contribution is 5.13. The Morgan fingerprint density at radius 1 is 1.09 bits per heavy atom. The SMILES string of the molecule is C/C=C\C(C)=C/N.CC.CC. The summed E-state index contributed by atoms with van der Waals surface area (Å²) in [6, 6.07) is 0. The van der Waals surface area contributed by atoms with Crippen molar-refractivity contribution in [2.75, 3.05) is 0 Å². The second-order valence-corrected chi connectivity index (χ2v) is 1.41. The van der Waals surface area contributed by atoms with Crippen LogP contribution in [0.25, 0.3) is 0 Å². The minimum Gasteiger partial charge on any atom is -0.404 e. The third kappa shape index (κ3) is 26.8. The van der Waals surface area contributed by atoms with E-state index in [-0.39, 0.29) is 0 Å². The fourth-order valence-electron chi connectivity index (χ4n) is 0.318. The van der Waals surface area contributed by atoms with E-state index in [0.29, 0.717) is 0 Å². The van der Waals surface area contributed by atoms with Crippen molar-refractivity contribution in [1.29, 1.82) is 0 Å². The zero-order valence-electron chi connectivity index (χ0n) is 8.81. The van der Waals surface area contributed by atoms with Crippen LogP contribution in [0.3, 0.4) is 0 Å². The first-order valence-corrected chi connectivity index (χ1v) is 4.32. The number of rotatable bonds is 1. The maximum Gasteiger partial charge on any atom is -0.00327 e. The van der Waals surface area contributed by atoms with Gasteiger partial charge in [-0.2, -0.15) is 0 Å². The van der Waals surface area contributed by atoms with Gasteiger partial charge in [0.2, 0.25) is 0 Å². The molecule has 0 aliphatic heterocycles. The van der Waals surface area contributed by atoms with Crippen molar-refractivity contribution in [3.8, 4) is 0 Å². The first kappa shape index (κ1) is 16.7. The van der Waals surface area contributed by atoms with Gasteiger partial charge in [0.15, 0.2) is 0 Å². The van der Waals surface area contributed by atoms with Gasteiger partial charge in [0.25, 0.3) is 0 Å². The van der Waals surface area contributed by atoms with Crippen LogP contribution in [0.5, 0.6) is 0 Å². The van der Waals surface area contributed by atoms with E-state index in [1.54, 1.807) is 6.20 Å². The topological polar surface area (TPSA) is 26.0 Å². The van der Waals surface area contributed by atoms with E-state index in [4.69, 9.17) is 5.73 Å². The monoisotopic (exact) mass is 157 g/mol. The Balaban J connectivity index is -0.000000138. The van der Waals surface area contributed by atoms with E-state index in [0.717, 1.165) is 5.57 Å². The summed E-state index contributed by atoms with van der Waals surface area (Å²) in [4.78, 5) is 0. The molecule has 0 aromatic carbocycles. The van der Waals surface area contributed by atoms with Crippen molar-refractivity contribution in [3.63, 3.8) is 0 Å². The second kappa shape index (κ2) is 22.8. The van der Waals surface area contributed by atoms with Crippen LogP contribution in [0, 0.1) is 0 Å². The van der Waals surface area contributed by atoms with Crippen molar-refractivity contribution in [2.45, 2.75) is 41.5 Å². The van der Waals surface area contributed by atoms with Crippen molar-refractivity contribution >= 4 is 0 Å². The zero-order chi connectivity index (χ0) is 9.70. The van der Waals surface area contributed by atoms with Gasteiger partial charge in [-0.3, -0.25) is 0 Å². The Hall–Kier alpha value is -0.720. The lowest BCUT2D eigenvalue weighted by Gasteiger charge is -1.81. The molecule has 0 radical (unpaired) electrons. The smallest absolute Gasteiger partial charge is 0.00327 e. The second-order valence-electron chi connectivity index (χ2n) is 1.41. The molecule has 0 aliphatic rings. The Morgan fingerprint density at radius 2 is 1.45 bits per heavy atom. The normalized spacial score (nSPS) is 9.45. The summed E-state index contributed by atoms with van der Waals surface area (Å²) in [7, 11) is 0. The number of hydrogen-bond donors (Lipinski definition) is 1. The molecule has 0 aromatic heterocycles. The van der Waals surface area contributed by atoms with Crippen LogP contribution in [-0.4, -0.2) is 0 Å². The van der Waals surface area contributed by atoms with Gasteiger partial charge in [0, 0.05) is 0 Å². The highest BCUT2D eigenvalue weighted by Gasteiger charge is 1.70. The third-order valence-electron chi connectivity index (χ3n) is 0.692. The van der Waals surface area contributed by atoms with Gasteiger partial charge >= 0.3 is 0 Å². The largest absolute Gasteiger partial charge is 0.404 e. The molecule has 1 heteroatoms. The van der Waals surface area contributed by atoms with Gasteiger partial charge in [-0.15, -0.1) is 0 Å². The summed E-state index contributed by atoms with van der Waals surface area (Å²) >= 11 is 0. The van der Waals surface area contributed by atoms with Crippen molar-refractivity contribution in [3.05, 3.63) is 23.9 Å². The van der Waals surface area contributed by atoms with Crippen LogP contribution in [0.2, 0.25) is 0 Å². The third-order valence-corrected chi connectivity index (χ3v) is 0.692. The van der Waals surface area contributed by atoms with E-state index in [2.05, 4.69) is 0 Å².